The summed E-state index contributed by atoms with van der Waals surface area (Å²) in [5.41, 5.74) is 1.40. The van der Waals surface area contributed by atoms with Gasteiger partial charge in [-0.15, -0.1) is 0 Å². The van der Waals surface area contributed by atoms with E-state index >= 15 is 0 Å². The lowest BCUT2D eigenvalue weighted by molar-refractivity contribution is -0.127. The Balaban J connectivity index is 1.14. The summed E-state index contributed by atoms with van der Waals surface area (Å²) in [5.74, 6) is -1.39. The number of anilines is 2. The molecule has 0 aliphatic rings. The van der Waals surface area contributed by atoms with E-state index in [0.717, 1.165) is 0 Å². The standard InChI is InChI=1S/C66H104N6O26/c1-55(75)63(71-69-59-7-11-61(12-8-59)97-53-51-95-49-47-93-45-43-91-41-39-89-37-35-87-33-31-85-29-27-83-25-23-81-21-19-79-17-15-73)65(77)67-57-3-5-58(6-4-57)68-66(78)64(56(2)76)72-70-60-9-13-62(14-10-60)98-54-52-96-50-48-94-46-44-92-42-40-90-38-36-88-34-32-86-30-28-84-26-24-82-22-20-80-18-16-74/h3-14,63-64,73-74H,15-54H2,1-2H3,(H,67,77)(H,68,78). The summed E-state index contributed by atoms with van der Waals surface area (Å²) in [6.45, 7) is 18.6. The fourth-order valence-electron chi connectivity index (χ4n) is 7.45. The highest BCUT2D eigenvalue weighted by atomic mass is 16.6. The number of Topliss-reactive ketones (excluding diaryl/α,β-unsaturated/α-hetero) is 2. The molecule has 0 fully saturated rings. The van der Waals surface area contributed by atoms with Crippen LogP contribution in [0.1, 0.15) is 13.8 Å². The molecule has 32 heteroatoms. The fourth-order valence-corrected chi connectivity index (χ4v) is 7.45. The van der Waals surface area contributed by atoms with Gasteiger partial charge in [0.05, 0.1) is 262 Å². The normalized spacial score (nSPS) is 12.2. The first kappa shape index (κ1) is 86.2. The molecule has 2 unspecified atom stereocenters. The third-order valence-electron chi connectivity index (χ3n) is 12.4. The average Bonchev–Trinajstić information content (AvgIpc) is 0.930. The third-order valence-corrected chi connectivity index (χ3v) is 12.4. The maximum Gasteiger partial charge on any atom is 0.258 e. The van der Waals surface area contributed by atoms with Gasteiger partial charge in [-0.05, 0) is 86.6 Å². The number of ether oxygens (including phenoxy) is 20. The number of aliphatic hydroxyl groups excluding tert-OH is 2. The quantitative estimate of drug-likeness (QED) is 0.0351. The van der Waals surface area contributed by atoms with E-state index in [1.54, 1.807) is 48.5 Å². The van der Waals surface area contributed by atoms with Crippen molar-refractivity contribution < 1.29 is 124 Å². The van der Waals surface area contributed by atoms with Crippen LogP contribution >= 0.6 is 0 Å². The molecule has 3 aromatic carbocycles. The zero-order chi connectivity index (χ0) is 70.1. The number of amides is 2. The Bertz CT molecular complexity index is 2290. The second-order valence-corrected chi connectivity index (χ2v) is 20.2. The zero-order valence-corrected chi connectivity index (χ0v) is 56.8. The number of aliphatic hydroxyl groups is 2. The molecule has 2 atom stereocenters. The van der Waals surface area contributed by atoms with Crippen LogP contribution < -0.4 is 20.1 Å². The Labute approximate surface area is 574 Å². The van der Waals surface area contributed by atoms with Gasteiger partial charge in [-0.3, -0.25) is 19.2 Å². The predicted molar refractivity (Wildman–Crippen MR) is 354 cm³/mol. The van der Waals surface area contributed by atoms with Gasteiger partial charge in [-0.2, -0.15) is 20.5 Å². The molecule has 98 heavy (non-hydrogen) atoms. The van der Waals surface area contributed by atoms with Gasteiger partial charge in [0.2, 0.25) is 12.1 Å². The summed E-state index contributed by atoms with van der Waals surface area (Å²) in [7, 11) is 0. The van der Waals surface area contributed by atoms with Gasteiger partial charge < -0.3 is 116 Å². The largest absolute Gasteiger partial charge is 0.491 e. The van der Waals surface area contributed by atoms with Crippen molar-refractivity contribution >= 4 is 46.1 Å². The Kier molecular flexibility index (Phi) is 55.5. The van der Waals surface area contributed by atoms with Crippen LogP contribution in [0.25, 0.3) is 0 Å². The van der Waals surface area contributed by atoms with Gasteiger partial charge in [0.15, 0.2) is 11.6 Å². The van der Waals surface area contributed by atoms with Gasteiger partial charge in [0.1, 0.15) is 24.7 Å². The van der Waals surface area contributed by atoms with Crippen LogP contribution in [-0.4, -0.2) is 310 Å². The van der Waals surface area contributed by atoms with Crippen molar-refractivity contribution in [3.05, 3.63) is 72.8 Å². The molecule has 3 rings (SSSR count). The number of ketones is 2. The number of carbonyl (C=O) groups is 4. The summed E-state index contributed by atoms with van der Waals surface area (Å²) in [6, 6.07) is 16.4. The number of rotatable bonds is 70. The Hall–Kier alpha value is -6.06. The minimum absolute atomic E-state index is 0.00287. The predicted octanol–water partition coefficient (Wildman–Crippen LogP) is 4.09. The monoisotopic (exact) mass is 1400 g/mol. The van der Waals surface area contributed by atoms with Crippen molar-refractivity contribution in [1.29, 1.82) is 0 Å². The molecule has 0 spiro atoms. The van der Waals surface area contributed by atoms with E-state index in [-0.39, 0.29) is 26.4 Å². The number of hydrogen-bond acceptors (Lipinski definition) is 30. The summed E-state index contributed by atoms with van der Waals surface area (Å²) >= 11 is 0. The molecule has 0 bridgehead atoms. The molecular weight excluding hydrogens is 1290 g/mol. The fraction of sp³-hybridized carbons (Fsp3) is 0.667. The van der Waals surface area contributed by atoms with Crippen LogP contribution in [0.4, 0.5) is 22.7 Å². The lowest BCUT2D eigenvalue weighted by atomic mass is 10.2. The molecular formula is C66H104N6O26. The molecule has 0 saturated heterocycles. The van der Waals surface area contributed by atoms with E-state index in [0.29, 0.717) is 272 Å². The van der Waals surface area contributed by atoms with Gasteiger partial charge in [-0.25, -0.2) is 0 Å². The van der Waals surface area contributed by atoms with Crippen molar-refractivity contribution in [2.24, 2.45) is 20.5 Å². The number of carbonyl (C=O) groups excluding carboxylic acids is 4. The van der Waals surface area contributed by atoms with E-state index in [1.807, 2.05) is 0 Å². The maximum atomic E-state index is 13.1. The van der Waals surface area contributed by atoms with E-state index in [2.05, 4.69) is 31.1 Å². The van der Waals surface area contributed by atoms with Crippen molar-refractivity contribution in [1.82, 2.24) is 0 Å². The number of nitrogens with zero attached hydrogens (tertiary/aromatic N) is 4. The van der Waals surface area contributed by atoms with E-state index in [4.69, 9.17) is 105 Å². The van der Waals surface area contributed by atoms with Crippen molar-refractivity contribution in [2.45, 2.75) is 25.9 Å². The minimum Gasteiger partial charge on any atom is -0.491 e. The van der Waals surface area contributed by atoms with Gasteiger partial charge in [0.25, 0.3) is 11.8 Å². The van der Waals surface area contributed by atoms with Crippen molar-refractivity contribution in [2.75, 3.05) is 275 Å². The van der Waals surface area contributed by atoms with Gasteiger partial charge in [-0.1, -0.05) is 0 Å². The number of nitrogens with one attached hydrogen (secondary N) is 2. The molecule has 0 aliphatic carbocycles. The van der Waals surface area contributed by atoms with Crippen molar-refractivity contribution in [3.63, 3.8) is 0 Å². The first-order valence-electron chi connectivity index (χ1n) is 32.8. The summed E-state index contributed by atoms with van der Waals surface area (Å²) in [4.78, 5) is 51.2. The molecule has 554 valence electrons. The molecule has 0 radical (unpaired) electrons. The topological polar surface area (TPSA) is 367 Å². The lowest BCUT2D eigenvalue weighted by Crippen LogP contribution is -2.32. The second-order valence-electron chi connectivity index (χ2n) is 20.2. The van der Waals surface area contributed by atoms with E-state index < -0.39 is 35.5 Å². The van der Waals surface area contributed by atoms with Crippen LogP contribution in [0.2, 0.25) is 0 Å². The summed E-state index contributed by atoms with van der Waals surface area (Å²) < 4.78 is 109. The molecule has 0 saturated carbocycles. The van der Waals surface area contributed by atoms with Crippen LogP contribution in [0.3, 0.4) is 0 Å². The molecule has 0 aliphatic heterocycles. The summed E-state index contributed by atoms with van der Waals surface area (Å²) in [6.07, 6.45) is 0. The van der Waals surface area contributed by atoms with Crippen LogP contribution in [0.15, 0.2) is 93.3 Å². The SMILES string of the molecule is CC(=O)C(N=Nc1ccc(OCCOCCOCCOCCOCCOCCOCCOCCOCCOCCO)cc1)C(=O)Nc1ccc(NC(=O)C(N=Nc2ccc(OCCOCCOCCOCCOCCOCCOCCOCCOCCOCCO)cc2)C(C)=O)cc1. The highest BCUT2D eigenvalue weighted by Gasteiger charge is 2.25. The molecule has 3 aromatic rings. The molecule has 2 amide bonds. The summed E-state index contributed by atoms with van der Waals surface area (Å²) in [5, 5.41) is 38.7. The Morgan fingerprint density at radius 2 is 0.469 bits per heavy atom. The van der Waals surface area contributed by atoms with Crippen LogP contribution in [-0.2, 0) is 104 Å². The first-order valence-corrected chi connectivity index (χ1v) is 32.8. The Morgan fingerprint density at radius 3 is 0.653 bits per heavy atom. The van der Waals surface area contributed by atoms with Crippen LogP contribution in [0.5, 0.6) is 11.5 Å². The second kappa shape index (κ2) is 63.1. The van der Waals surface area contributed by atoms with Gasteiger partial charge >= 0.3 is 0 Å². The molecule has 4 N–H and O–H groups in total. The smallest absolute Gasteiger partial charge is 0.258 e. The average molecular weight is 1400 g/mol. The highest BCUT2D eigenvalue weighted by molar-refractivity contribution is 6.11. The maximum absolute atomic E-state index is 13.1. The number of hydrogen-bond donors (Lipinski definition) is 4. The van der Waals surface area contributed by atoms with E-state index in [1.165, 1.54) is 38.1 Å². The van der Waals surface area contributed by atoms with Crippen LogP contribution in [0, 0.1) is 0 Å². The van der Waals surface area contributed by atoms with Gasteiger partial charge in [0, 0.05) is 11.4 Å². The molecule has 32 nitrogen and oxygen atoms in total. The minimum atomic E-state index is -1.44. The Morgan fingerprint density at radius 1 is 0.286 bits per heavy atom. The number of benzene rings is 3. The van der Waals surface area contributed by atoms with Crippen molar-refractivity contribution in [3.8, 4) is 11.5 Å². The highest BCUT2D eigenvalue weighted by Crippen LogP contribution is 2.22. The third kappa shape index (κ3) is 49.5. The first-order chi connectivity index (χ1) is 48.2. The lowest BCUT2D eigenvalue weighted by Gasteiger charge is -2.12. The van der Waals surface area contributed by atoms with E-state index in [9.17, 15) is 19.2 Å². The molecule has 0 aromatic heterocycles. The molecule has 0 heterocycles. The zero-order valence-electron chi connectivity index (χ0n) is 56.8. The number of azo groups is 2.